The van der Waals surface area contributed by atoms with Crippen LogP contribution < -0.4 is 4.40 Å². The van der Waals surface area contributed by atoms with Gasteiger partial charge in [-0.05, 0) is 0 Å². The van der Waals surface area contributed by atoms with E-state index < -0.39 is 13.3 Å². The summed E-state index contributed by atoms with van der Waals surface area (Å²) in [6.07, 6.45) is 0. The van der Waals surface area contributed by atoms with Gasteiger partial charge in [0.15, 0.2) is 0 Å². The van der Waals surface area contributed by atoms with E-state index in [2.05, 4.69) is 41.5 Å². The molecule has 1 aromatic heterocycles. The van der Waals surface area contributed by atoms with Gasteiger partial charge in [-0.2, -0.15) is 0 Å². The van der Waals surface area contributed by atoms with E-state index in [9.17, 15) is 5.11 Å². The van der Waals surface area contributed by atoms with Crippen LogP contribution in [0.25, 0.3) is 22.5 Å². The summed E-state index contributed by atoms with van der Waals surface area (Å²) in [7, 11) is 0. The zero-order valence-electron chi connectivity index (χ0n) is 13.7. The molecule has 0 saturated heterocycles. The van der Waals surface area contributed by atoms with Crippen molar-refractivity contribution in [2.24, 2.45) is 0 Å². The molecule has 3 heteroatoms. The van der Waals surface area contributed by atoms with Crippen molar-refractivity contribution < 1.29 is 5.11 Å². The van der Waals surface area contributed by atoms with Crippen molar-refractivity contribution in [1.29, 1.82) is 0 Å². The molecule has 0 unspecified atom stereocenters. The standard InChI is InChI=1S/C20H21GeNO/c1-21(2,3)16-13-18(15-9-5-4-6-10-15)22-19(14-16)17-11-7-8-12-20(17)23/h4-14,23H,1-3H3. The SMILES string of the molecule is [CH3][Ge]([CH3])([CH3])[c]1cc(-c2ccccc2)nc(-c2ccccc2O)c1. The van der Waals surface area contributed by atoms with E-state index >= 15 is 0 Å². The van der Waals surface area contributed by atoms with Crippen molar-refractivity contribution in [2.75, 3.05) is 0 Å². The molecule has 0 radical (unpaired) electrons. The minimum absolute atomic E-state index is 0.276. The summed E-state index contributed by atoms with van der Waals surface area (Å²) in [5.74, 6) is 7.40. The third-order valence-electron chi connectivity index (χ3n) is 3.94. The van der Waals surface area contributed by atoms with E-state index in [0.29, 0.717) is 0 Å². The number of nitrogens with zero attached hydrogens (tertiary/aromatic N) is 1. The van der Waals surface area contributed by atoms with Crippen LogP contribution in [0.15, 0.2) is 66.7 Å². The number of pyridine rings is 1. The molecule has 2 nitrogen and oxygen atoms in total. The molecule has 0 bridgehead atoms. The third kappa shape index (κ3) is 3.48. The molecule has 0 aliphatic carbocycles. The summed E-state index contributed by atoms with van der Waals surface area (Å²) in [5, 5.41) is 10.2. The summed E-state index contributed by atoms with van der Waals surface area (Å²) in [5.41, 5.74) is 3.72. The maximum atomic E-state index is 10.2. The molecule has 3 rings (SSSR count). The van der Waals surface area contributed by atoms with Crippen LogP contribution in [0.3, 0.4) is 0 Å². The number of phenols is 1. The quantitative estimate of drug-likeness (QED) is 0.686. The van der Waals surface area contributed by atoms with Gasteiger partial charge in [0, 0.05) is 0 Å². The molecule has 3 aromatic rings. The molecule has 23 heavy (non-hydrogen) atoms. The number of hydrogen-bond donors (Lipinski definition) is 1. The van der Waals surface area contributed by atoms with Crippen LogP contribution in [0.2, 0.25) is 17.3 Å². The van der Waals surface area contributed by atoms with Crippen LogP contribution >= 0.6 is 0 Å². The van der Waals surface area contributed by atoms with Gasteiger partial charge in [-0.25, -0.2) is 0 Å². The molecule has 0 atom stereocenters. The first-order chi connectivity index (χ1) is 10.9. The van der Waals surface area contributed by atoms with E-state index in [1.165, 1.54) is 4.40 Å². The number of para-hydroxylation sites is 1. The van der Waals surface area contributed by atoms with Gasteiger partial charge in [-0.3, -0.25) is 0 Å². The Balaban J connectivity index is 2.23. The van der Waals surface area contributed by atoms with Gasteiger partial charge in [-0.1, -0.05) is 0 Å². The van der Waals surface area contributed by atoms with Gasteiger partial charge in [0.05, 0.1) is 0 Å². The molecule has 0 fully saturated rings. The predicted molar refractivity (Wildman–Crippen MR) is 99.8 cm³/mol. The van der Waals surface area contributed by atoms with E-state index in [0.717, 1.165) is 22.5 Å². The summed E-state index contributed by atoms with van der Waals surface area (Å²) >= 11 is -2.03. The van der Waals surface area contributed by atoms with Crippen molar-refractivity contribution in [3.05, 3.63) is 66.7 Å². The Hall–Kier alpha value is -2.07. The molecule has 1 N–H and O–H groups in total. The summed E-state index contributed by atoms with van der Waals surface area (Å²) in [6, 6.07) is 22.0. The van der Waals surface area contributed by atoms with Crippen LogP contribution in [0.1, 0.15) is 0 Å². The van der Waals surface area contributed by atoms with Gasteiger partial charge < -0.3 is 0 Å². The second kappa shape index (κ2) is 6.21. The minimum atomic E-state index is -2.03. The fraction of sp³-hybridized carbons (Fsp3) is 0.150. The van der Waals surface area contributed by atoms with Crippen molar-refractivity contribution in [1.82, 2.24) is 4.98 Å². The number of aromatic nitrogens is 1. The Morgan fingerprint density at radius 2 is 1.39 bits per heavy atom. The van der Waals surface area contributed by atoms with Crippen molar-refractivity contribution in [3.8, 4) is 28.3 Å². The molecule has 0 aliphatic heterocycles. The number of phenolic OH excluding ortho intramolecular Hbond substituents is 1. The zero-order valence-corrected chi connectivity index (χ0v) is 15.8. The van der Waals surface area contributed by atoms with Crippen molar-refractivity contribution in [2.45, 2.75) is 17.3 Å². The average Bonchev–Trinajstić information content (AvgIpc) is 2.55. The second-order valence-corrected chi connectivity index (χ2v) is 17.4. The predicted octanol–water partition coefficient (Wildman–Crippen LogP) is 4.67. The molecular formula is C20H21GeNO. The Morgan fingerprint density at radius 3 is 2.04 bits per heavy atom. The fourth-order valence-electron chi connectivity index (χ4n) is 2.55. The Bertz CT molecular complexity index is 823. The summed E-state index contributed by atoms with van der Waals surface area (Å²) < 4.78 is 1.39. The van der Waals surface area contributed by atoms with Crippen molar-refractivity contribution >= 4 is 17.7 Å². The maximum absolute atomic E-state index is 10.2. The molecule has 116 valence electrons. The summed E-state index contributed by atoms with van der Waals surface area (Å²) in [4.78, 5) is 4.82. The van der Waals surface area contributed by atoms with Crippen LogP contribution in [0, 0.1) is 0 Å². The van der Waals surface area contributed by atoms with E-state index in [4.69, 9.17) is 4.98 Å². The molecule has 0 aliphatic rings. The number of aromatic hydroxyl groups is 1. The van der Waals surface area contributed by atoms with Crippen molar-refractivity contribution in [3.63, 3.8) is 0 Å². The Kier molecular flexibility index (Phi) is 4.27. The topological polar surface area (TPSA) is 33.1 Å². The van der Waals surface area contributed by atoms with Crippen LogP contribution in [0.4, 0.5) is 0 Å². The summed E-state index contributed by atoms with van der Waals surface area (Å²) in [6.45, 7) is 0. The van der Waals surface area contributed by atoms with Gasteiger partial charge in [0.2, 0.25) is 0 Å². The van der Waals surface area contributed by atoms with Gasteiger partial charge >= 0.3 is 140 Å². The Morgan fingerprint density at radius 1 is 0.783 bits per heavy atom. The number of rotatable bonds is 3. The molecule has 0 spiro atoms. The molecule has 0 saturated carbocycles. The zero-order chi connectivity index (χ0) is 16.4. The van der Waals surface area contributed by atoms with E-state index in [-0.39, 0.29) is 5.75 Å². The first kappa shape index (κ1) is 15.8. The van der Waals surface area contributed by atoms with Gasteiger partial charge in [0.25, 0.3) is 0 Å². The second-order valence-electron chi connectivity index (χ2n) is 6.76. The number of hydrogen-bond acceptors (Lipinski definition) is 2. The Labute approximate surface area is 140 Å². The van der Waals surface area contributed by atoms with Crippen LogP contribution in [0.5, 0.6) is 5.75 Å². The average molecular weight is 364 g/mol. The first-order valence-electron chi connectivity index (χ1n) is 7.81. The fourth-order valence-corrected chi connectivity index (χ4v) is 4.94. The molecule has 2 aromatic carbocycles. The molecule has 1 heterocycles. The number of benzene rings is 2. The molecule has 0 amide bonds. The van der Waals surface area contributed by atoms with Gasteiger partial charge in [0.1, 0.15) is 0 Å². The monoisotopic (exact) mass is 365 g/mol. The van der Waals surface area contributed by atoms with Crippen LogP contribution in [-0.4, -0.2) is 23.4 Å². The van der Waals surface area contributed by atoms with Gasteiger partial charge in [-0.15, -0.1) is 0 Å². The van der Waals surface area contributed by atoms with E-state index in [1.807, 2.05) is 36.4 Å². The first-order valence-corrected chi connectivity index (χ1v) is 15.2. The third-order valence-corrected chi connectivity index (χ3v) is 8.18. The normalized spacial score (nSPS) is 11.4. The van der Waals surface area contributed by atoms with Crippen LogP contribution in [-0.2, 0) is 0 Å². The van der Waals surface area contributed by atoms with E-state index in [1.54, 1.807) is 6.07 Å². The molecular weight excluding hydrogens is 343 g/mol.